The Balaban J connectivity index is 2.24. The van der Waals surface area contributed by atoms with E-state index >= 15 is 0 Å². The summed E-state index contributed by atoms with van der Waals surface area (Å²) in [6, 6.07) is 8.14. The molecule has 0 radical (unpaired) electrons. The quantitative estimate of drug-likeness (QED) is 0.833. The number of amides is 1. The number of methoxy groups -OCH3 is 1. The van der Waals surface area contributed by atoms with Crippen LogP contribution in [0.2, 0.25) is 0 Å². The second kappa shape index (κ2) is 5.83. The SMILES string of the molecule is COCC1c2ccccc2CCN1C(=O)OC(C)(C)C. The van der Waals surface area contributed by atoms with E-state index in [4.69, 9.17) is 9.47 Å². The standard InChI is InChI=1S/C16H23NO3/c1-16(2,3)20-15(18)17-10-9-12-7-5-6-8-13(12)14(17)11-19-4/h5-8,14H,9-11H2,1-4H3. The van der Waals surface area contributed by atoms with Gasteiger partial charge in [-0.1, -0.05) is 24.3 Å². The van der Waals surface area contributed by atoms with Gasteiger partial charge in [-0.3, -0.25) is 4.90 Å². The van der Waals surface area contributed by atoms with E-state index in [1.54, 1.807) is 12.0 Å². The maximum absolute atomic E-state index is 12.4. The van der Waals surface area contributed by atoms with Gasteiger partial charge in [0.05, 0.1) is 12.6 Å². The molecule has 110 valence electrons. The average Bonchev–Trinajstić information content (AvgIpc) is 2.37. The lowest BCUT2D eigenvalue weighted by Gasteiger charge is -2.37. The van der Waals surface area contributed by atoms with Crippen LogP contribution >= 0.6 is 0 Å². The number of hydrogen-bond donors (Lipinski definition) is 0. The molecule has 1 heterocycles. The van der Waals surface area contributed by atoms with Crippen LogP contribution < -0.4 is 0 Å². The minimum atomic E-state index is -0.480. The fourth-order valence-electron chi connectivity index (χ4n) is 2.53. The highest BCUT2D eigenvalue weighted by atomic mass is 16.6. The van der Waals surface area contributed by atoms with Gasteiger partial charge in [0.1, 0.15) is 5.60 Å². The number of fused-ring (bicyclic) bond motifs is 1. The average molecular weight is 277 g/mol. The van der Waals surface area contributed by atoms with Gasteiger partial charge in [-0.25, -0.2) is 4.79 Å². The third kappa shape index (κ3) is 3.31. The Bertz CT molecular complexity index is 479. The van der Waals surface area contributed by atoms with Crippen molar-refractivity contribution < 1.29 is 14.3 Å². The third-order valence-corrected chi connectivity index (χ3v) is 3.36. The third-order valence-electron chi connectivity index (χ3n) is 3.36. The van der Waals surface area contributed by atoms with E-state index < -0.39 is 5.60 Å². The summed E-state index contributed by atoms with van der Waals surface area (Å²) in [6.45, 7) is 6.80. The molecule has 1 atom stereocenters. The highest BCUT2D eigenvalue weighted by Gasteiger charge is 2.33. The normalized spacial score (nSPS) is 18.6. The molecule has 0 saturated heterocycles. The summed E-state index contributed by atoms with van der Waals surface area (Å²) in [5.74, 6) is 0. The van der Waals surface area contributed by atoms with E-state index in [0.29, 0.717) is 13.2 Å². The van der Waals surface area contributed by atoms with Gasteiger partial charge in [0, 0.05) is 13.7 Å². The first kappa shape index (κ1) is 14.9. The first-order chi connectivity index (χ1) is 9.42. The van der Waals surface area contributed by atoms with Crippen LogP contribution in [0, 0.1) is 0 Å². The summed E-state index contributed by atoms with van der Waals surface area (Å²) in [5.41, 5.74) is 1.96. The molecule has 4 nitrogen and oxygen atoms in total. The van der Waals surface area contributed by atoms with Gasteiger partial charge >= 0.3 is 6.09 Å². The first-order valence-corrected chi connectivity index (χ1v) is 6.99. The molecule has 0 aromatic heterocycles. The predicted molar refractivity (Wildman–Crippen MR) is 77.7 cm³/mol. The molecule has 4 heteroatoms. The lowest BCUT2D eigenvalue weighted by Crippen LogP contribution is -2.44. The summed E-state index contributed by atoms with van der Waals surface area (Å²) >= 11 is 0. The zero-order chi connectivity index (χ0) is 14.8. The predicted octanol–water partition coefficient (Wildman–Crippen LogP) is 3.17. The Hall–Kier alpha value is -1.55. The summed E-state index contributed by atoms with van der Waals surface area (Å²) < 4.78 is 10.8. The van der Waals surface area contributed by atoms with Gasteiger partial charge < -0.3 is 9.47 Å². The van der Waals surface area contributed by atoms with E-state index in [-0.39, 0.29) is 12.1 Å². The van der Waals surface area contributed by atoms with Crippen molar-refractivity contribution in [3.63, 3.8) is 0 Å². The van der Waals surface area contributed by atoms with E-state index in [1.807, 2.05) is 32.9 Å². The molecule has 0 bridgehead atoms. The molecule has 0 spiro atoms. The number of hydrogen-bond acceptors (Lipinski definition) is 3. The van der Waals surface area contributed by atoms with Crippen LogP contribution in [0.5, 0.6) is 0 Å². The van der Waals surface area contributed by atoms with Gasteiger partial charge in [-0.15, -0.1) is 0 Å². The van der Waals surface area contributed by atoms with Crippen molar-refractivity contribution in [2.45, 2.75) is 38.8 Å². The Morgan fingerprint density at radius 1 is 1.35 bits per heavy atom. The van der Waals surface area contributed by atoms with Crippen molar-refractivity contribution in [2.24, 2.45) is 0 Å². The van der Waals surface area contributed by atoms with Gasteiger partial charge in [0.15, 0.2) is 0 Å². The van der Waals surface area contributed by atoms with Crippen LogP contribution in [-0.2, 0) is 15.9 Å². The van der Waals surface area contributed by atoms with Gasteiger partial charge in [0.2, 0.25) is 0 Å². The number of carbonyl (C=O) groups is 1. The second-order valence-electron chi connectivity index (χ2n) is 6.09. The lowest BCUT2D eigenvalue weighted by atomic mass is 9.93. The molecule has 1 aromatic carbocycles. The summed E-state index contributed by atoms with van der Waals surface area (Å²) in [7, 11) is 1.66. The molecule has 2 rings (SSSR count). The maximum atomic E-state index is 12.4. The van der Waals surface area contributed by atoms with Gasteiger partial charge in [-0.05, 0) is 38.3 Å². The molecule has 0 fully saturated rings. The molecule has 1 amide bonds. The van der Waals surface area contributed by atoms with Gasteiger partial charge in [-0.2, -0.15) is 0 Å². The molecule has 20 heavy (non-hydrogen) atoms. The molecular weight excluding hydrogens is 254 g/mol. The fourth-order valence-corrected chi connectivity index (χ4v) is 2.53. The number of ether oxygens (including phenoxy) is 2. The minimum absolute atomic E-state index is 0.0696. The van der Waals surface area contributed by atoms with Crippen molar-refractivity contribution in [1.82, 2.24) is 4.90 Å². The molecule has 1 aliphatic rings. The molecule has 1 aromatic rings. The lowest BCUT2D eigenvalue weighted by molar-refractivity contribution is 0.00324. The van der Waals surface area contributed by atoms with Crippen molar-refractivity contribution in [3.05, 3.63) is 35.4 Å². The number of carbonyl (C=O) groups excluding carboxylic acids is 1. The fraction of sp³-hybridized carbons (Fsp3) is 0.562. The monoisotopic (exact) mass is 277 g/mol. The van der Waals surface area contributed by atoms with E-state index in [1.165, 1.54) is 5.56 Å². The molecule has 1 aliphatic heterocycles. The van der Waals surface area contributed by atoms with Gasteiger partial charge in [0.25, 0.3) is 0 Å². The van der Waals surface area contributed by atoms with Crippen LogP contribution in [-0.4, -0.2) is 36.9 Å². The van der Waals surface area contributed by atoms with E-state index in [0.717, 1.165) is 12.0 Å². The number of rotatable bonds is 2. The smallest absolute Gasteiger partial charge is 0.410 e. The Kier molecular flexibility index (Phi) is 4.33. The van der Waals surface area contributed by atoms with Crippen molar-refractivity contribution >= 4 is 6.09 Å². The summed E-state index contributed by atoms with van der Waals surface area (Å²) in [4.78, 5) is 14.1. The Morgan fingerprint density at radius 2 is 2.05 bits per heavy atom. The maximum Gasteiger partial charge on any atom is 0.410 e. The molecule has 0 N–H and O–H groups in total. The molecular formula is C16H23NO3. The van der Waals surface area contributed by atoms with Crippen LogP contribution in [0.1, 0.15) is 37.9 Å². The number of nitrogens with zero attached hydrogens (tertiary/aromatic N) is 1. The van der Waals surface area contributed by atoms with Crippen molar-refractivity contribution in [2.75, 3.05) is 20.3 Å². The Labute approximate surface area is 120 Å². The molecule has 1 unspecified atom stereocenters. The van der Waals surface area contributed by atoms with Crippen LogP contribution in [0.3, 0.4) is 0 Å². The molecule has 0 saturated carbocycles. The zero-order valence-corrected chi connectivity index (χ0v) is 12.7. The Morgan fingerprint density at radius 3 is 2.70 bits per heavy atom. The topological polar surface area (TPSA) is 38.8 Å². The molecule has 0 aliphatic carbocycles. The van der Waals surface area contributed by atoms with Crippen molar-refractivity contribution in [1.29, 1.82) is 0 Å². The highest BCUT2D eigenvalue weighted by Crippen LogP contribution is 2.31. The second-order valence-corrected chi connectivity index (χ2v) is 6.09. The first-order valence-electron chi connectivity index (χ1n) is 6.99. The van der Waals surface area contributed by atoms with E-state index in [9.17, 15) is 4.79 Å². The highest BCUT2D eigenvalue weighted by molar-refractivity contribution is 5.69. The summed E-state index contributed by atoms with van der Waals surface area (Å²) in [5, 5.41) is 0. The van der Waals surface area contributed by atoms with Crippen molar-refractivity contribution in [3.8, 4) is 0 Å². The zero-order valence-electron chi connectivity index (χ0n) is 12.7. The number of benzene rings is 1. The van der Waals surface area contributed by atoms with E-state index in [2.05, 4.69) is 12.1 Å². The van der Waals surface area contributed by atoms with Crippen LogP contribution in [0.4, 0.5) is 4.79 Å². The van der Waals surface area contributed by atoms with Crippen LogP contribution in [0.15, 0.2) is 24.3 Å². The largest absolute Gasteiger partial charge is 0.444 e. The summed E-state index contributed by atoms with van der Waals surface area (Å²) in [6.07, 6.45) is 0.587. The van der Waals surface area contributed by atoms with Crippen LogP contribution in [0.25, 0.3) is 0 Å². The minimum Gasteiger partial charge on any atom is -0.444 e.